The van der Waals surface area contributed by atoms with Crippen LogP contribution in [0.4, 0.5) is 0 Å². The minimum Gasteiger partial charge on any atom is -0.300 e. The first-order chi connectivity index (χ1) is 4.72. The molecule has 0 radical (unpaired) electrons. The van der Waals surface area contributed by atoms with Gasteiger partial charge in [0, 0.05) is 5.92 Å². The lowest BCUT2D eigenvalue weighted by Crippen LogP contribution is -2.09. The summed E-state index contributed by atoms with van der Waals surface area (Å²) in [5, 5.41) is 1.61. The molecule has 0 aromatic rings. The van der Waals surface area contributed by atoms with Crippen molar-refractivity contribution >= 4 is 23.4 Å². The molecule has 0 aliphatic carbocycles. The lowest BCUT2D eigenvalue weighted by molar-refractivity contribution is -0.120. The number of Topliss-reactive ketones (excluding diaryl/α,β-unsaturated/α-hetero) is 1. The standard InChI is InChI=1S/C8H12OS/c1-3-4-8(5-6-10)7(2)9/h3,6,8H,1,4-5H2,2H3. The molecule has 0 N–H and O–H groups in total. The van der Waals surface area contributed by atoms with Gasteiger partial charge in [-0.15, -0.1) is 6.58 Å². The number of rotatable bonds is 5. The van der Waals surface area contributed by atoms with E-state index in [4.69, 9.17) is 0 Å². The van der Waals surface area contributed by atoms with Gasteiger partial charge in [-0.3, -0.25) is 4.79 Å². The molecular weight excluding hydrogens is 144 g/mol. The number of hydrogen-bond donors (Lipinski definition) is 0. The zero-order valence-corrected chi connectivity index (χ0v) is 6.99. The summed E-state index contributed by atoms with van der Waals surface area (Å²) in [6.45, 7) is 5.16. The molecule has 10 heavy (non-hydrogen) atoms. The van der Waals surface area contributed by atoms with Crippen molar-refractivity contribution in [2.45, 2.75) is 19.8 Å². The monoisotopic (exact) mass is 156 g/mol. The molecule has 0 rings (SSSR count). The van der Waals surface area contributed by atoms with Crippen molar-refractivity contribution < 1.29 is 4.79 Å². The van der Waals surface area contributed by atoms with Crippen LogP contribution in [0.3, 0.4) is 0 Å². The Bertz CT molecular complexity index is 130. The molecule has 0 saturated heterocycles. The Morgan fingerprint density at radius 2 is 2.30 bits per heavy atom. The number of hydrogen-bond acceptors (Lipinski definition) is 2. The van der Waals surface area contributed by atoms with Crippen LogP contribution in [0.2, 0.25) is 0 Å². The van der Waals surface area contributed by atoms with E-state index < -0.39 is 0 Å². The van der Waals surface area contributed by atoms with Crippen LogP contribution in [0.15, 0.2) is 12.7 Å². The molecule has 1 atom stereocenters. The van der Waals surface area contributed by atoms with Crippen molar-refractivity contribution in [3.05, 3.63) is 12.7 Å². The Balaban J connectivity index is 3.83. The predicted octanol–water partition coefficient (Wildman–Crippen LogP) is 2.16. The van der Waals surface area contributed by atoms with Crippen molar-refractivity contribution in [1.29, 1.82) is 0 Å². The second-order valence-corrected chi connectivity index (χ2v) is 2.57. The third-order valence-corrected chi connectivity index (χ3v) is 1.60. The zero-order valence-electron chi connectivity index (χ0n) is 6.17. The second-order valence-electron chi connectivity index (χ2n) is 2.23. The van der Waals surface area contributed by atoms with Gasteiger partial charge in [0.1, 0.15) is 5.78 Å². The smallest absolute Gasteiger partial charge is 0.133 e. The summed E-state index contributed by atoms with van der Waals surface area (Å²) in [7, 11) is 0. The average molecular weight is 156 g/mol. The molecule has 56 valence electrons. The Labute approximate surface area is 67.1 Å². The van der Waals surface area contributed by atoms with Crippen molar-refractivity contribution in [3.8, 4) is 0 Å². The SMILES string of the molecule is C=CCC(CC=S)C(C)=O. The van der Waals surface area contributed by atoms with Crippen LogP contribution in [0.5, 0.6) is 0 Å². The maximum atomic E-state index is 10.8. The molecule has 0 bridgehead atoms. The van der Waals surface area contributed by atoms with Crippen LogP contribution in [0, 0.1) is 5.92 Å². The number of carbonyl (C=O) groups excluding carboxylic acids is 1. The first kappa shape index (κ1) is 9.50. The Kier molecular flexibility index (Phi) is 5.03. The number of ketones is 1. The van der Waals surface area contributed by atoms with Crippen LogP contribution in [-0.4, -0.2) is 11.2 Å². The molecule has 0 aromatic carbocycles. The van der Waals surface area contributed by atoms with Gasteiger partial charge in [0.05, 0.1) is 0 Å². The minimum atomic E-state index is 0.0648. The minimum absolute atomic E-state index is 0.0648. The van der Waals surface area contributed by atoms with Crippen LogP contribution in [-0.2, 0) is 4.79 Å². The summed E-state index contributed by atoms with van der Waals surface area (Å²) in [5.41, 5.74) is 0. The summed E-state index contributed by atoms with van der Waals surface area (Å²) in [6.07, 6.45) is 3.18. The summed E-state index contributed by atoms with van der Waals surface area (Å²) < 4.78 is 0. The van der Waals surface area contributed by atoms with E-state index in [-0.39, 0.29) is 11.7 Å². The van der Waals surface area contributed by atoms with Crippen LogP contribution < -0.4 is 0 Å². The van der Waals surface area contributed by atoms with Gasteiger partial charge < -0.3 is 0 Å². The van der Waals surface area contributed by atoms with Crippen molar-refractivity contribution in [1.82, 2.24) is 0 Å². The summed E-state index contributed by atoms with van der Waals surface area (Å²) >= 11 is 4.65. The molecule has 0 aliphatic rings. The van der Waals surface area contributed by atoms with E-state index in [2.05, 4.69) is 18.8 Å². The van der Waals surface area contributed by atoms with Gasteiger partial charge in [-0.25, -0.2) is 0 Å². The van der Waals surface area contributed by atoms with Gasteiger partial charge in [0.15, 0.2) is 0 Å². The Morgan fingerprint density at radius 1 is 1.70 bits per heavy atom. The normalized spacial score (nSPS) is 12.1. The number of thiocarbonyl (C=S) groups is 1. The number of allylic oxidation sites excluding steroid dienone is 1. The Hall–Kier alpha value is -0.500. The molecule has 0 amide bonds. The highest BCUT2D eigenvalue weighted by atomic mass is 32.1. The molecular formula is C8H12OS. The Morgan fingerprint density at radius 3 is 2.60 bits per heavy atom. The lowest BCUT2D eigenvalue weighted by atomic mass is 9.99. The molecule has 2 heteroatoms. The highest BCUT2D eigenvalue weighted by Crippen LogP contribution is 2.08. The van der Waals surface area contributed by atoms with Crippen LogP contribution in [0.1, 0.15) is 19.8 Å². The zero-order chi connectivity index (χ0) is 7.98. The van der Waals surface area contributed by atoms with Gasteiger partial charge in [-0.05, 0) is 25.1 Å². The quantitative estimate of drug-likeness (QED) is 0.448. The molecule has 0 saturated carbocycles. The summed E-state index contributed by atoms with van der Waals surface area (Å²) in [6, 6.07) is 0. The van der Waals surface area contributed by atoms with Gasteiger partial charge in [0.25, 0.3) is 0 Å². The van der Waals surface area contributed by atoms with Crippen molar-refractivity contribution in [2.75, 3.05) is 0 Å². The van der Waals surface area contributed by atoms with E-state index in [1.807, 2.05) is 0 Å². The second kappa shape index (κ2) is 5.30. The molecule has 0 fully saturated rings. The fourth-order valence-electron chi connectivity index (χ4n) is 0.745. The van der Waals surface area contributed by atoms with E-state index in [1.54, 1.807) is 18.4 Å². The third-order valence-electron chi connectivity index (χ3n) is 1.41. The first-order valence-corrected chi connectivity index (χ1v) is 3.74. The van der Waals surface area contributed by atoms with Crippen molar-refractivity contribution in [2.24, 2.45) is 5.92 Å². The topological polar surface area (TPSA) is 17.1 Å². The average Bonchev–Trinajstić information content (AvgIpc) is 1.87. The molecule has 0 heterocycles. The highest BCUT2D eigenvalue weighted by Gasteiger charge is 2.09. The fourth-order valence-corrected chi connectivity index (χ4v) is 0.978. The van der Waals surface area contributed by atoms with Gasteiger partial charge in [-0.1, -0.05) is 18.3 Å². The van der Waals surface area contributed by atoms with Crippen LogP contribution in [0.25, 0.3) is 0 Å². The van der Waals surface area contributed by atoms with Crippen LogP contribution >= 0.6 is 12.2 Å². The first-order valence-electron chi connectivity index (χ1n) is 3.27. The maximum absolute atomic E-state index is 10.8. The summed E-state index contributed by atoms with van der Waals surface area (Å²) in [5.74, 6) is 0.260. The van der Waals surface area contributed by atoms with Crippen molar-refractivity contribution in [3.63, 3.8) is 0 Å². The van der Waals surface area contributed by atoms with Gasteiger partial charge >= 0.3 is 0 Å². The molecule has 0 spiro atoms. The molecule has 1 nitrogen and oxygen atoms in total. The van der Waals surface area contributed by atoms with E-state index in [9.17, 15) is 4.79 Å². The van der Waals surface area contributed by atoms with E-state index >= 15 is 0 Å². The van der Waals surface area contributed by atoms with E-state index in [0.717, 1.165) is 6.42 Å². The third kappa shape index (κ3) is 3.51. The fraction of sp³-hybridized carbons (Fsp3) is 0.500. The lowest BCUT2D eigenvalue weighted by Gasteiger charge is -2.05. The molecule has 0 aliphatic heterocycles. The molecule has 1 unspecified atom stereocenters. The van der Waals surface area contributed by atoms with Gasteiger partial charge in [0.2, 0.25) is 0 Å². The van der Waals surface area contributed by atoms with Gasteiger partial charge in [-0.2, -0.15) is 0 Å². The predicted molar refractivity (Wildman–Crippen MR) is 47.3 cm³/mol. The largest absolute Gasteiger partial charge is 0.300 e. The summed E-state index contributed by atoms with van der Waals surface area (Å²) in [4.78, 5) is 10.8. The molecule has 0 aromatic heterocycles. The number of carbonyl (C=O) groups is 1. The van der Waals surface area contributed by atoms with E-state index in [1.165, 1.54) is 0 Å². The maximum Gasteiger partial charge on any atom is 0.133 e. The van der Waals surface area contributed by atoms with E-state index in [0.29, 0.717) is 6.42 Å². The highest BCUT2D eigenvalue weighted by molar-refractivity contribution is 7.78.